The van der Waals surface area contributed by atoms with Crippen molar-refractivity contribution in [1.29, 1.82) is 0 Å². The number of pyridine rings is 1. The Morgan fingerprint density at radius 1 is 1.38 bits per heavy atom. The summed E-state index contributed by atoms with van der Waals surface area (Å²) < 4.78 is 1.75. The molecule has 0 aromatic carbocycles. The minimum atomic E-state index is 0.0441. The normalized spacial score (nSPS) is 11.5. The van der Waals surface area contributed by atoms with Crippen LogP contribution >= 0.6 is 0 Å². The zero-order chi connectivity index (χ0) is 9.84. The minimum Gasteiger partial charge on any atom is -0.872 e. The molecular weight excluding hydrogens is 164 g/mol. The summed E-state index contributed by atoms with van der Waals surface area (Å²) in [7, 11) is 3.96. The summed E-state index contributed by atoms with van der Waals surface area (Å²) in [5, 5.41) is 10.7. The lowest BCUT2D eigenvalue weighted by Crippen LogP contribution is -2.27. The number of hydrogen-bond acceptors (Lipinski definition) is 2. The Morgan fingerprint density at radius 2 is 1.92 bits per heavy atom. The van der Waals surface area contributed by atoms with Gasteiger partial charge in [0, 0.05) is 31.9 Å². The third-order valence-corrected chi connectivity index (χ3v) is 1.68. The molecule has 0 bridgehead atoms. The van der Waals surface area contributed by atoms with Crippen LogP contribution in [0.5, 0.6) is 0 Å². The maximum absolute atomic E-state index is 10.7. The van der Waals surface area contributed by atoms with Gasteiger partial charge >= 0.3 is 0 Å². The van der Waals surface area contributed by atoms with Crippen LogP contribution < -0.4 is 14.6 Å². The fourth-order valence-electron chi connectivity index (χ4n) is 1.02. The van der Waals surface area contributed by atoms with Gasteiger partial charge in [-0.15, -0.1) is 0 Å². The van der Waals surface area contributed by atoms with Crippen molar-refractivity contribution in [2.45, 2.75) is 6.92 Å². The summed E-state index contributed by atoms with van der Waals surface area (Å²) >= 11 is 0. The van der Waals surface area contributed by atoms with E-state index in [-0.39, 0.29) is 5.76 Å². The Labute approximate surface area is 78.6 Å². The van der Waals surface area contributed by atoms with Crippen LogP contribution in [0.3, 0.4) is 0 Å². The molecule has 0 saturated carbocycles. The van der Waals surface area contributed by atoms with Crippen LogP contribution in [0, 0.1) is 0 Å². The van der Waals surface area contributed by atoms with Crippen LogP contribution in [0.15, 0.2) is 30.3 Å². The van der Waals surface area contributed by atoms with Gasteiger partial charge in [0.25, 0.3) is 0 Å². The van der Waals surface area contributed by atoms with Crippen molar-refractivity contribution in [3.8, 4) is 0 Å². The number of rotatable bonds is 2. The van der Waals surface area contributed by atoms with Gasteiger partial charge in [0.1, 0.15) is 0 Å². The third-order valence-electron chi connectivity index (χ3n) is 1.68. The maximum atomic E-state index is 10.7. The molecule has 1 rings (SSSR count). The molecule has 0 spiro atoms. The molecule has 13 heavy (non-hydrogen) atoms. The van der Waals surface area contributed by atoms with Gasteiger partial charge < -0.3 is 10.0 Å². The predicted molar refractivity (Wildman–Crippen MR) is 50.9 cm³/mol. The Morgan fingerprint density at radius 3 is 2.31 bits per heavy atom. The van der Waals surface area contributed by atoms with Crippen molar-refractivity contribution in [2.75, 3.05) is 19.0 Å². The highest BCUT2D eigenvalue weighted by atomic mass is 16.3. The fraction of sp³-hybridized carbons (Fsp3) is 0.300. The van der Waals surface area contributed by atoms with Crippen LogP contribution in [-0.2, 0) is 0 Å². The smallest absolute Gasteiger partial charge is 0.176 e. The van der Waals surface area contributed by atoms with E-state index in [0.29, 0.717) is 0 Å². The van der Waals surface area contributed by atoms with Gasteiger partial charge in [-0.25, -0.2) is 0 Å². The summed E-state index contributed by atoms with van der Waals surface area (Å²) in [4.78, 5) is 2.01. The minimum absolute atomic E-state index is 0.0441. The Hall–Kier alpha value is -1.51. The molecule has 0 N–H and O–H groups in total. The molecule has 1 heterocycles. The predicted octanol–water partition coefficient (Wildman–Crippen LogP) is 0.219. The van der Waals surface area contributed by atoms with Gasteiger partial charge in [0.15, 0.2) is 18.6 Å². The van der Waals surface area contributed by atoms with E-state index in [2.05, 4.69) is 0 Å². The first-order valence-corrected chi connectivity index (χ1v) is 4.13. The lowest BCUT2D eigenvalue weighted by atomic mass is 10.4. The fourth-order valence-corrected chi connectivity index (χ4v) is 1.02. The lowest BCUT2D eigenvalue weighted by Gasteiger charge is -2.10. The molecule has 70 valence electrons. The number of hydrogen-bond donors (Lipinski definition) is 0. The molecule has 3 heteroatoms. The van der Waals surface area contributed by atoms with Crippen LogP contribution in [0.2, 0.25) is 0 Å². The Balaban J connectivity index is 2.88. The highest BCUT2D eigenvalue weighted by Gasteiger charge is 1.97. The summed E-state index contributed by atoms with van der Waals surface area (Å²) in [5.74, 6) is 0.0441. The third kappa shape index (κ3) is 2.78. The second-order valence-corrected chi connectivity index (χ2v) is 3.14. The topological polar surface area (TPSA) is 30.2 Å². The zero-order valence-electron chi connectivity index (χ0n) is 8.19. The summed E-state index contributed by atoms with van der Waals surface area (Å²) in [6, 6.07) is 3.92. The van der Waals surface area contributed by atoms with Crippen LogP contribution in [0.1, 0.15) is 6.92 Å². The summed E-state index contributed by atoms with van der Waals surface area (Å²) in [6.45, 7) is 1.53. The van der Waals surface area contributed by atoms with Crippen LogP contribution in [0.25, 0.3) is 6.20 Å². The standard InChI is InChI=1S/C10H14N2O/c1-9(13)8-12-6-4-10(5-7-12)11(2)3/h4-8H,1-3H3/b9-8-. The van der Waals surface area contributed by atoms with Crippen LogP contribution in [-0.4, -0.2) is 14.1 Å². The Bertz CT molecular complexity index is 297. The molecular formula is C10H14N2O. The first-order chi connectivity index (χ1) is 6.09. The molecule has 1 aromatic rings. The molecule has 0 aliphatic rings. The van der Waals surface area contributed by atoms with E-state index in [1.165, 1.54) is 6.92 Å². The zero-order valence-corrected chi connectivity index (χ0v) is 8.19. The quantitative estimate of drug-likeness (QED) is 0.479. The van der Waals surface area contributed by atoms with Crippen molar-refractivity contribution in [3.63, 3.8) is 0 Å². The van der Waals surface area contributed by atoms with Crippen molar-refractivity contribution >= 4 is 11.9 Å². The van der Waals surface area contributed by atoms with E-state index >= 15 is 0 Å². The van der Waals surface area contributed by atoms with Crippen molar-refractivity contribution in [3.05, 3.63) is 30.3 Å². The SMILES string of the molecule is C/C([O-])=C/[n+]1ccc(N(C)C)cc1. The van der Waals surface area contributed by atoms with Gasteiger partial charge in [0.2, 0.25) is 0 Å². The van der Waals surface area contributed by atoms with Crippen LogP contribution in [0.4, 0.5) is 5.69 Å². The van der Waals surface area contributed by atoms with E-state index in [1.807, 2.05) is 43.5 Å². The first kappa shape index (κ1) is 9.58. The highest BCUT2D eigenvalue weighted by molar-refractivity contribution is 5.41. The first-order valence-electron chi connectivity index (χ1n) is 4.13. The van der Waals surface area contributed by atoms with E-state index in [0.717, 1.165) is 5.69 Å². The average Bonchev–Trinajstić information content (AvgIpc) is 2.04. The molecule has 0 atom stereocenters. The van der Waals surface area contributed by atoms with Crippen molar-refractivity contribution in [2.24, 2.45) is 0 Å². The molecule has 0 amide bonds. The van der Waals surface area contributed by atoms with Gasteiger partial charge in [-0.2, -0.15) is 4.57 Å². The average molecular weight is 178 g/mol. The molecule has 0 aliphatic carbocycles. The van der Waals surface area contributed by atoms with E-state index in [4.69, 9.17) is 0 Å². The van der Waals surface area contributed by atoms with E-state index in [1.54, 1.807) is 10.8 Å². The molecule has 1 aromatic heterocycles. The maximum Gasteiger partial charge on any atom is 0.176 e. The number of nitrogens with zero attached hydrogens (tertiary/aromatic N) is 2. The second kappa shape index (κ2) is 3.94. The molecule has 0 fully saturated rings. The van der Waals surface area contributed by atoms with E-state index in [9.17, 15) is 5.11 Å². The summed E-state index contributed by atoms with van der Waals surface area (Å²) in [6.07, 6.45) is 5.26. The molecule has 0 unspecified atom stereocenters. The highest BCUT2D eigenvalue weighted by Crippen LogP contribution is 2.05. The molecule has 3 nitrogen and oxygen atoms in total. The van der Waals surface area contributed by atoms with Gasteiger partial charge in [-0.05, 0) is 6.92 Å². The van der Waals surface area contributed by atoms with Crippen molar-refractivity contribution in [1.82, 2.24) is 0 Å². The second-order valence-electron chi connectivity index (χ2n) is 3.14. The number of aromatic nitrogens is 1. The molecule has 0 radical (unpaired) electrons. The van der Waals surface area contributed by atoms with Gasteiger partial charge in [-0.3, -0.25) is 0 Å². The molecule has 0 aliphatic heterocycles. The summed E-state index contributed by atoms with van der Waals surface area (Å²) in [5.41, 5.74) is 1.12. The number of anilines is 1. The van der Waals surface area contributed by atoms with Gasteiger partial charge in [0.05, 0.1) is 0 Å². The lowest BCUT2D eigenvalue weighted by molar-refractivity contribution is -0.572. The molecule has 0 saturated heterocycles. The van der Waals surface area contributed by atoms with Crippen molar-refractivity contribution < 1.29 is 9.67 Å². The monoisotopic (exact) mass is 178 g/mol. The largest absolute Gasteiger partial charge is 0.872 e. The Kier molecular flexibility index (Phi) is 2.90. The van der Waals surface area contributed by atoms with E-state index < -0.39 is 0 Å². The number of allylic oxidation sites excluding steroid dienone is 1. The van der Waals surface area contributed by atoms with Gasteiger partial charge in [-0.1, -0.05) is 5.76 Å².